The highest BCUT2D eigenvalue weighted by molar-refractivity contribution is 7.22. The minimum absolute atomic E-state index is 0.00709. The predicted octanol–water partition coefficient (Wildman–Crippen LogP) is 4.06. The summed E-state index contributed by atoms with van der Waals surface area (Å²) in [6.07, 6.45) is 5.20. The summed E-state index contributed by atoms with van der Waals surface area (Å²) in [5.41, 5.74) is 2.86. The second-order valence-electron chi connectivity index (χ2n) is 11.8. The molecule has 3 N–H and O–H groups in total. The van der Waals surface area contributed by atoms with Crippen LogP contribution >= 0.6 is 11.3 Å². The fraction of sp³-hybridized carbons (Fsp3) is 0.364. The van der Waals surface area contributed by atoms with Crippen LogP contribution in [-0.2, 0) is 16.1 Å². The second kappa shape index (κ2) is 14.0. The van der Waals surface area contributed by atoms with Crippen molar-refractivity contribution in [1.82, 2.24) is 30.0 Å². The summed E-state index contributed by atoms with van der Waals surface area (Å²) in [4.78, 5) is 51.1. The standard InChI is InChI=1S/C33H36FN7O5S/c1-20(43)41-17-23(18-41)38-33(45)37-22-4-6-28(25(34)13-22)46-29-7-10-35-27-14-30(47-32(27)29)26-5-3-21(15-36-26)16-40-11-8-24(9-12-40)39(2)31(44)19-42/h3-7,10,13-15,23-24,42H,8-9,11-12,16-19H2,1-2H3,(H2,37,38,45). The third kappa shape index (κ3) is 7.50. The number of urea groups is 1. The average Bonchev–Trinajstić information content (AvgIpc) is 3.49. The minimum Gasteiger partial charge on any atom is -0.453 e. The zero-order chi connectivity index (χ0) is 33.1. The molecule has 0 unspecified atom stereocenters. The number of halogens is 1. The average molecular weight is 662 g/mol. The van der Waals surface area contributed by atoms with Crippen molar-refractivity contribution >= 4 is 45.1 Å². The maximum absolute atomic E-state index is 15.1. The number of carbonyl (C=O) groups excluding carboxylic acids is 3. The molecule has 14 heteroatoms. The third-order valence-corrected chi connectivity index (χ3v) is 9.73. The molecule has 0 atom stereocenters. The van der Waals surface area contributed by atoms with Gasteiger partial charge in [-0.15, -0.1) is 11.3 Å². The van der Waals surface area contributed by atoms with Gasteiger partial charge in [0, 0.05) is 83.0 Å². The van der Waals surface area contributed by atoms with E-state index in [1.165, 1.54) is 30.4 Å². The van der Waals surface area contributed by atoms with Gasteiger partial charge in [0.05, 0.1) is 26.8 Å². The number of aliphatic hydroxyl groups is 1. The molecule has 4 aromatic rings. The van der Waals surface area contributed by atoms with Gasteiger partial charge in [0.1, 0.15) is 12.4 Å². The molecule has 47 heavy (non-hydrogen) atoms. The van der Waals surface area contributed by atoms with Gasteiger partial charge in [-0.1, -0.05) is 6.07 Å². The lowest BCUT2D eigenvalue weighted by atomic mass is 10.0. The van der Waals surface area contributed by atoms with Crippen molar-refractivity contribution in [1.29, 1.82) is 0 Å². The van der Waals surface area contributed by atoms with Gasteiger partial charge in [-0.05, 0) is 42.7 Å². The number of piperidine rings is 1. The molecule has 1 aromatic carbocycles. The molecule has 3 aromatic heterocycles. The Hall–Kier alpha value is -4.66. The molecular weight excluding hydrogens is 625 g/mol. The SMILES string of the molecule is CC(=O)N1CC(NC(=O)Nc2ccc(Oc3ccnc4cc(-c5ccc(CN6CCC(N(C)C(=O)CO)CC6)cn5)sc34)c(F)c2)C1. The lowest BCUT2D eigenvalue weighted by Gasteiger charge is -2.38. The van der Waals surface area contributed by atoms with Crippen LogP contribution in [0.4, 0.5) is 14.9 Å². The van der Waals surface area contributed by atoms with Gasteiger partial charge in [0.15, 0.2) is 11.6 Å². The highest BCUT2D eigenvalue weighted by Crippen LogP contribution is 2.39. The number of benzene rings is 1. The van der Waals surface area contributed by atoms with Crippen molar-refractivity contribution in [2.75, 3.05) is 45.2 Å². The monoisotopic (exact) mass is 661 g/mol. The number of hydrogen-bond donors (Lipinski definition) is 3. The highest BCUT2D eigenvalue weighted by atomic mass is 32.1. The van der Waals surface area contributed by atoms with E-state index in [1.54, 1.807) is 35.2 Å². The Morgan fingerprint density at radius 3 is 2.55 bits per heavy atom. The minimum atomic E-state index is -0.636. The van der Waals surface area contributed by atoms with Crippen LogP contribution in [0.25, 0.3) is 20.8 Å². The quantitative estimate of drug-likeness (QED) is 0.244. The number of pyridine rings is 2. The van der Waals surface area contributed by atoms with Crippen molar-refractivity contribution in [3.63, 3.8) is 0 Å². The fourth-order valence-corrected chi connectivity index (χ4v) is 6.82. The van der Waals surface area contributed by atoms with Crippen molar-refractivity contribution in [2.24, 2.45) is 0 Å². The molecule has 0 saturated carbocycles. The van der Waals surface area contributed by atoms with Gasteiger partial charge in [0.25, 0.3) is 0 Å². The number of ether oxygens (including phenoxy) is 1. The van der Waals surface area contributed by atoms with Gasteiger partial charge in [-0.2, -0.15) is 0 Å². The first-order valence-electron chi connectivity index (χ1n) is 15.4. The molecule has 2 saturated heterocycles. The second-order valence-corrected chi connectivity index (χ2v) is 12.9. The summed E-state index contributed by atoms with van der Waals surface area (Å²) in [5.74, 6) is -0.461. The van der Waals surface area contributed by atoms with E-state index in [0.29, 0.717) is 24.4 Å². The molecule has 2 aliphatic heterocycles. The number of amides is 4. The lowest BCUT2D eigenvalue weighted by Crippen LogP contribution is -2.61. The van der Waals surface area contributed by atoms with Crippen LogP contribution < -0.4 is 15.4 Å². The van der Waals surface area contributed by atoms with Crippen molar-refractivity contribution in [3.05, 3.63) is 66.2 Å². The summed E-state index contributed by atoms with van der Waals surface area (Å²) in [6.45, 7) is 4.40. The van der Waals surface area contributed by atoms with Crippen molar-refractivity contribution in [2.45, 2.75) is 38.4 Å². The highest BCUT2D eigenvalue weighted by Gasteiger charge is 2.30. The molecule has 6 rings (SSSR count). The van der Waals surface area contributed by atoms with E-state index in [0.717, 1.165) is 53.3 Å². The summed E-state index contributed by atoms with van der Waals surface area (Å²) in [7, 11) is 1.75. The molecule has 0 bridgehead atoms. The van der Waals surface area contributed by atoms with E-state index in [9.17, 15) is 14.4 Å². The Kier molecular flexibility index (Phi) is 9.61. The van der Waals surface area contributed by atoms with Crippen LogP contribution in [0.5, 0.6) is 11.5 Å². The number of nitrogens with zero attached hydrogens (tertiary/aromatic N) is 5. The zero-order valence-corrected chi connectivity index (χ0v) is 26.9. The van der Waals surface area contributed by atoms with Crippen molar-refractivity contribution < 1.29 is 28.6 Å². The molecule has 2 fully saturated rings. The third-order valence-electron chi connectivity index (χ3n) is 8.56. The summed E-state index contributed by atoms with van der Waals surface area (Å²) in [5, 5.41) is 14.5. The number of thiophene rings is 1. The zero-order valence-electron chi connectivity index (χ0n) is 26.1. The topological polar surface area (TPSA) is 140 Å². The molecule has 4 amide bonds. The fourth-order valence-electron chi connectivity index (χ4n) is 5.78. The number of aliphatic hydroxyl groups excluding tert-OH is 1. The molecule has 5 heterocycles. The van der Waals surface area contributed by atoms with Crippen LogP contribution in [-0.4, -0.2) is 99.5 Å². The number of likely N-dealkylation sites (N-methyl/N-ethyl adjacent to an activating group) is 1. The molecule has 0 spiro atoms. The van der Waals surface area contributed by atoms with E-state index in [1.807, 2.05) is 18.3 Å². The maximum Gasteiger partial charge on any atom is 0.319 e. The Morgan fingerprint density at radius 1 is 1.09 bits per heavy atom. The number of rotatable bonds is 9. The summed E-state index contributed by atoms with van der Waals surface area (Å²) in [6, 6.07) is 11.4. The number of aromatic nitrogens is 2. The summed E-state index contributed by atoms with van der Waals surface area (Å²) < 4.78 is 21.8. The maximum atomic E-state index is 15.1. The number of nitrogens with one attached hydrogen (secondary N) is 2. The normalized spacial score (nSPS) is 15.7. The van der Waals surface area contributed by atoms with Gasteiger partial charge >= 0.3 is 6.03 Å². The lowest BCUT2D eigenvalue weighted by molar-refractivity contribution is -0.136. The molecule has 2 aliphatic rings. The van der Waals surface area contributed by atoms with Gasteiger partial charge in [-0.3, -0.25) is 24.5 Å². The number of anilines is 1. The van der Waals surface area contributed by atoms with E-state index < -0.39 is 18.5 Å². The Morgan fingerprint density at radius 2 is 1.87 bits per heavy atom. The van der Waals surface area contributed by atoms with Crippen molar-refractivity contribution in [3.8, 4) is 22.1 Å². The van der Waals surface area contributed by atoms with Crippen LogP contribution in [0.1, 0.15) is 25.3 Å². The Balaban J connectivity index is 1.06. The Bertz CT molecular complexity index is 1770. The van der Waals surface area contributed by atoms with E-state index in [2.05, 4.69) is 26.6 Å². The number of fused-ring (bicyclic) bond motifs is 1. The van der Waals surface area contributed by atoms with E-state index in [4.69, 9.17) is 14.8 Å². The molecule has 0 radical (unpaired) electrons. The number of hydrogen-bond acceptors (Lipinski definition) is 9. The van der Waals surface area contributed by atoms with Gasteiger partial charge < -0.3 is 30.3 Å². The number of carbonyl (C=O) groups is 3. The first-order valence-corrected chi connectivity index (χ1v) is 16.2. The first-order chi connectivity index (χ1) is 22.7. The van der Waals surface area contributed by atoms with Gasteiger partial charge in [0.2, 0.25) is 11.8 Å². The van der Waals surface area contributed by atoms with Crippen LogP contribution in [0, 0.1) is 5.82 Å². The summed E-state index contributed by atoms with van der Waals surface area (Å²) >= 11 is 1.45. The van der Waals surface area contributed by atoms with Crippen LogP contribution in [0.2, 0.25) is 0 Å². The van der Waals surface area contributed by atoms with E-state index in [-0.39, 0.29) is 35.3 Å². The predicted molar refractivity (Wildman–Crippen MR) is 176 cm³/mol. The molecule has 12 nitrogen and oxygen atoms in total. The van der Waals surface area contributed by atoms with Crippen LogP contribution in [0.3, 0.4) is 0 Å². The smallest absolute Gasteiger partial charge is 0.319 e. The Labute approximate surface area is 275 Å². The molecular formula is C33H36FN7O5S. The van der Waals surface area contributed by atoms with Gasteiger partial charge in [-0.25, -0.2) is 9.18 Å². The first kappa shape index (κ1) is 32.3. The largest absolute Gasteiger partial charge is 0.453 e. The number of likely N-dealkylation sites (tertiary alicyclic amines) is 2. The molecule has 0 aliphatic carbocycles. The van der Waals surface area contributed by atoms with Crippen LogP contribution in [0.15, 0.2) is 54.9 Å². The molecule has 246 valence electrons. The van der Waals surface area contributed by atoms with E-state index >= 15 is 4.39 Å².